The second kappa shape index (κ2) is 8.26. The topological polar surface area (TPSA) is 72.5 Å². The predicted octanol–water partition coefficient (Wildman–Crippen LogP) is 3.44. The Morgan fingerprint density at radius 1 is 1.09 bits per heavy atom. The largest absolute Gasteiger partial charge is 0.354 e. The van der Waals surface area contributed by atoms with Gasteiger partial charge in [0, 0.05) is 48.6 Å². The molecule has 1 aromatic carbocycles. The van der Waals surface area contributed by atoms with E-state index in [4.69, 9.17) is 4.98 Å². The third kappa shape index (κ3) is 3.56. The van der Waals surface area contributed by atoms with Gasteiger partial charge in [-0.25, -0.2) is 10.4 Å². The quantitative estimate of drug-likeness (QED) is 0.558. The van der Waals surface area contributed by atoms with E-state index < -0.39 is 0 Å². The number of carbonyl (C=O) groups is 1. The smallest absolute Gasteiger partial charge is 0.235 e. The molecule has 8 heteroatoms. The van der Waals surface area contributed by atoms with Crippen LogP contribution in [0.1, 0.15) is 42.9 Å². The van der Waals surface area contributed by atoms with Crippen molar-refractivity contribution in [1.29, 1.82) is 0 Å². The molecule has 4 heterocycles. The fourth-order valence-corrected chi connectivity index (χ4v) is 7.73. The summed E-state index contributed by atoms with van der Waals surface area (Å²) in [6.45, 7) is 4.27. The number of nitrogens with one attached hydrogen (secondary N) is 3. The van der Waals surface area contributed by atoms with Gasteiger partial charge in [-0.1, -0.05) is 22.0 Å². The summed E-state index contributed by atoms with van der Waals surface area (Å²) in [6, 6.07) is 11.4. The van der Waals surface area contributed by atoms with Gasteiger partial charge >= 0.3 is 0 Å². The maximum Gasteiger partial charge on any atom is 0.235 e. The lowest BCUT2D eigenvalue weighted by Gasteiger charge is -2.34. The van der Waals surface area contributed by atoms with Gasteiger partial charge in [-0.2, -0.15) is 0 Å². The number of carbonyl (C=O) groups excluding carboxylic acids is 1. The molecule has 2 aliphatic carbocycles. The summed E-state index contributed by atoms with van der Waals surface area (Å²) < 4.78 is 1.05. The number of nitrogens with zero attached hydrogens (tertiary/aromatic N) is 3. The molecule has 6 atom stereocenters. The molecule has 35 heavy (non-hydrogen) atoms. The van der Waals surface area contributed by atoms with Gasteiger partial charge in [0.1, 0.15) is 5.82 Å². The Balaban J connectivity index is 1.03. The lowest BCUT2D eigenvalue weighted by atomic mass is 9.72. The molecule has 2 aromatic rings. The second-order valence-electron chi connectivity index (χ2n) is 11.3. The molecular weight excluding hydrogens is 504 g/mol. The van der Waals surface area contributed by atoms with Gasteiger partial charge in [0.25, 0.3) is 0 Å². The number of fused-ring (bicyclic) bond motifs is 3. The van der Waals surface area contributed by atoms with E-state index in [1.54, 1.807) is 0 Å². The number of anilines is 2. The van der Waals surface area contributed by atoms with Crippen molar-refractivity contribution in [2.45, 2.75) is 43.2 Å². The maximum absolute atomic E-state index is 13.0. The van der Waals surface area contributed by atoms with E-state index in [2.05, 4.69) is 73.3 Å². The van der Waals surface area contributed by atoms with Gasteiger partial charge in [0.05, 0.1) is 11.5 Å². The van der Waals surface area contributed by atoms with E-state index in [9.17, 15) is 4.79 Å². The molecule has 1 aromatic heterocycles. The summed E-state index contributed by atoms with van der Waals surface area (Å²) in [5.74, 6) is 2.90. The Morgan fingerprint density at radius 3 is 2.74 bits per heavy atom. The van der Waals surface area contributed by atoms with Crippen molar-refractivity contribution in [3.63, 3.8) is 0 Å². The van der Waals surface area contributed by atoms with E-state index in [-0.39, 0.29) is 11.3 Å². The van der Waals surface area contributed by atoms with Crippen LogP contribution in [0.4, 0.5) is 11.5 Å². The summed E-state index contributed by atoms with van der Waals surface area (Å²) in [5.41, 5.74) is 10.4. The lowest BCUT2D eigenvalue weighted by molar-refractivity contribution is -0.118. The fourth-order valence-electron chi connectivity index (χ4n) is 7.37. The zero-order valence-electron chi connectivity index (χ0n) is 20.1. The van der Waals surface area contributed by atoms with Gasteiger partial charge in [-0.3, -0.25) is 10.2 Å². The van der Waals surface area contributed by atoms with E-state index >= 15 is 0 Å². The Labute approximate surface area is 215 Å². The highest BCUT2D eigenvalue weighted by Crippen LogP contribution is 2.65. The first-order chi connectivity index (χ1) is 17.0. The van der Waals surface area contributed by atoms with Crippen molar-refractivity contribution in [3.8, 4) is 0 Å². The number of piperazine rings is 1. The van der Waals surface area contributed by atoms with Gasteiger partial charge in [-0.05, 0) is 85.9 Å². The number of likely N-dealkylation sites (N-methyl/N-ethyl adjacent to an activating group) is 1. The molecule has 2 saturated heterocycles. The van der Waals surface area contributed by atoms with E-state index in [0.717, 1.165) is 55.0 Å². The first-order valence-electron chi connectivity index (χ1n) is 13.0. The molecule has 5 aliphatic rings. The molecule has 4 fully saturated rings. The Morgan fingerprint density at radius 2 is 1.94 bits per heavy atom. The van der Waals surface area contributed by atoms with Crippen LogP contribution < -0.4 is 21.1 Å². The standard InChI is InChI=1S/C27H33BrN6O/c1-33-8-10-34(11-9-33)24-7-3-17(15-29-24)25-19-5-2-16(12-23(19)31-32-25)21-14-27(21)20-13-18(28)4-6-22(20)30-26(27)35/h3-4,6-7,13,15-16,19,21,23,25,31-32H,2,5,8-12,14H2,1H3,(H,30,35)/t16?,19?,21?,23?,25?,27-/m0/s1. The van der Waals surface area contributed by atoms with Crippen LogP contribution in [0.3, 0.4) is 0 Å². The highest BCUT2D eigenvalue weighted by molar-refractivity contribution is 9.10. The molecule has 0 radical (unpaired) electrons. The number of pyridine rings is 1. The first kappa shape index (κ1) is 22.2. The van der Waals surface area contributed by atoms with E-state index in [0.29, 0.717) is 29.8 Å². The molecule has 2 saturated carbocycles. The van der Waals surface area contributed by atoms with Gasteiger partial charge in [0.15, 0.2) is 0 Å². The minimum absolute atomic E-state index is 0.208. The SMILES string of the molecule is CN1CCN(c2ccc(C3NNC4CC(C5C[C@@]56C(=O)Nc5ccc(Br)cc56)CCC43)cn2)CC1. The molecule has 3 N–H and O–H groups in total. The number of hydrogen-bond acceptors (Lipinski definition) is 6. The number of amides is 1. The monoisotopic (exact) mass is 536 g/mol. The number of halogens is 1. The normalized spacial score (nSPS) is 36.2. The summed E-state index contributed by atoms with van der Waals surface area (Å²) in [6.07, 6.45) is 6.56. The molecular formula is C27H33BrN6O. The lowest BCUT2D eigenvalue weighted by Crippen LogP contribution is -2.44. The fraction of sp³-hybridized carbons (Fsp3) is 0.556. The number of hydrogen-bond donors (Lipinski definition) is 3. The molecule has 1 amide bonds. The molecule has 5 unspecified atom stereocenters. The average Bonchev–Trinajstić information content (AvgIpc) is 3.40. The van der Waals surface area contributed by atoms with Gasteiger partial charge in [-0.15, -0.1) is 0 Å². The number of rotatable bonds is 3. The molecule has 7 nitrogen and oxygen atoms in total. The third-order valence-corrected chi connectivity index (χ3v) is 9.95. The van der Waals surface area contributed by atoms with Crippen molar-refractivity contribution in [2.75, 3.05) is 43.4 Å². The van der Waals surface area contributed by atoms with Crippen LogP contribution in [-0.4, -0.2) is 55.1 Å². The van der Waals surface area contributed by atoms with Crippen LogP contribution in [-0.2, 0) is 10.2 Å². The zero-order chi connectivity index (χ0) is 23.7. The van der Waals surface area contributed by atoms with E-state index in [1.165, 1.54) is 24.0 Å². The van der Waals surface area contributed by atoms with Crippen LogP contribution in [0.5, 0.6) is 0 Å². The Kier molecular flexibility index (Phi) is 5.25. The first-order valence-corrected chi connectivity index (χ1v) is 13.8. The molecule has 1 spiro atoms. The van der Waals surface area contributed by atoms with Crippen molar-refractivity contribution in [2.24, 2.45) is 17.8 Å². The average molecular weight is 538 g/mol. The third-order valence-electron chi connectivity index (χ3n) is 9.45. The zero-order valence-corrected chi connectivity index (χ0v) is 21.7. The Hall–Kier alpha value is -2.00. The van der Waals surface area contributed by atoms with Crippen LogP contribution in [0.2, 0.25) is 0 Å². The van der Waals surface area contributed by atoms with Crippen molar-refractivity contribution in [1.82, 2.24) is 20.7 Å². The molecule has 7 rings (SSSR count). The minimum Gasteiger partial charge on any atom is -0.354 e. The Bertz CT molecular complexity index is 1150. The second-order valence-corrected chi connectivity index (χ2v) is 12.2. The van der Waals surface area contributed by atoms with Crippen LogP contribution in [0.25, 0.3) is 0 Å². The van der Waals surface area contributed by atoms with Crippen LogP contribution in [0, 0.1) is 17.8 Å². The van der Waals surface area contributed by atoms with Gasteiger partial charge in [0.2, 0.25) is 5.91 Å². The summed E-state index contributed by atoms with van der Waals surface area (Å²) >= 11 is 3.61. The molecule has 184 valence electrons. The molecule has 0 bridgehead atoms. The van der Waals surface area contributed by atoms with Crippen molar-refractivity contribution >= 4 is 33.3 Å². The van der Waals surface area contributed by atoms with Crippen LogP contribution >= 0.6 is 15.9 Å². The van der Waals surface area contributed by atoms with Gasteiger partial charge < -0.3 is 15.1 Å². The van der Waals surface area contributed by atoms with Crippen LogP contribution in [0.15, 0.2) is 41.0 Å². The predicted molar refractivity (Wildman–Crippen MR) is 140 cm³/mol. The maximum atomic E-state index is 13.0. The summed E-state index contributed by atoms with van der Waals surface area (Å²) in [7, 11) is 2.18. The van der Waals surface area contributed by atoms with Crippen molar-refractivity contribution < 1.29 is 4.79 Å². The minimum atomic E-state index is -0.301. The highest BCUT2D eigenvalue weighted by atomic mass is 79.9. The van der Waals surface area contributed by atoms with E-state index in [1.807, 2.05) is 12.1 Å². The summed E-state index contributed by atoms with van der Waals surface area (Å²) in [5, 5.41) is 3.15. The number of benzene rings is 1. The summed E-state index contributed by atoms with van der Waals surface area (Å²) in [4.78, 5) is 22.6. The number of hydrazine groups is 1. The molecule has 3 aliphatic heterocycles. The van der Waals surface area contributed by atoms with Crippen molar-refractivity contribution in [3.05, 3.63) is 52.1 Å². The highest BCUT2D eigenvalue weighted by Gasteiger charge is 2.67. The number of aromatic nitrogens is 1.